The zero-order chi connectivity index (χ0) is 13.1. The maximum Gasteiger partial charge on any atom is 0.160 e. The number of halogens is 1. The lowest BCUT2D eigenvalue weighted by atomic mass is 10.3. The van der Waals surface area contributed by atoms with Crippen LogP contribution in [0, 0.1) is 0 Å². The molecule has 0 saturated carbocycles. The number of hydrogen-bond acceptors (Lipinski definition) is 4. The summed E-state index contributed by atoms with van der Waals surface area (Å²) in [5.74, 6) is 1.47. The first-order chi connectivity index (χ1) is 9.38. The summed E-state index contributed by atoms with van der Waals surface area (Å²) in [6.45, 7) is 0.627. The van der Waals surface area contributed by atoms with Crippen molar-refractivity contribution in [3.63, 3.8) is 0 Å². The first-order valence-electron chi connectivity index (χ1n) is 5.99. The average Bonchev–Trinajstić information content (AvgIpc) is 2.79. The molecule has 0 amide bonds. The van der Waals surface area contributed by atoms with Gasteiger partial charge in [0.05, 0.1) is 12.2 Å². The van der Waals surface area contributed by atoms with E-state index in [1.165, 1.54) is 0 Å². The van der Waals surface area contributed by atoms with Crippen molar-refractivity contribution in [3.05, 3.63) is 48.4 Å². The van der Waals surface area contributed by atoms with Crippen LogP contribution in [0.5, 0.6) is 0 Å². The van der Waals surface area contributed by atoms with Crippen molar-refractivity contribution in [2.24, 2.45) is 0 Å². The van der Waals surface area contributed by atoms with Crippen molar-refractivity contribution in [2.45, 2.75) is 13.0 Å². The van der Waals surface area contributed by atoms with Gasteiger partial charge in [0.2, 0.25) is 0 Å². The molecule has 6 heteroatoms. The first kappa shape index (κ1) is 12.0. The second-order valence-electron chi connectivity index (χ2n) is 4.10. The van der Waals surface area contributed by atoms with Crippen LogP contribution in [-0.4, -0.2) is 30.4 Å². The number of nitrogens with zero attached hydrogens (tertiary/aromatic N) is 5. The molecule has 3 aromatic rings. The van der Waals surface area contributed by atoms with Crippen LogP contribution in [0.15, 0.2) is 36.9 Å². The molecule has 3 aromatic heterocycles. The second-order valence-corrected chi connectivity index (χ2v) is 4.48. The van der Waals surface area contributed by atoms with Gasteiger partial charge in [-0.1, -0.05) is 0 Å². The summed E-state index contributed by atoms with van der Waals surface area (Å²) in [6, 6.07) is 5.73. The van der Waals surface area contributed by atoms with E-state index < -0.39 is 0 Å². The van der Waals surface area contributed by atoms with Crippen LogP contribution in [0.2, 0.25) is 0 Å². The topological polar surface area (TPSA) is 56.5 Å². The minimum Gasteiger partial charge on any atom is -0.307 e. The van der Waals surface area contributed by atoms with E-state index in [1.807, 2.05) is 18.2 Å². The van der Waals surface area contributed by atoms with Crippen LogP contribution >= 0.6 is 11.6 Å². The van der Waals surface area contributed by atoms with E-state index in [4.69, 9.17) is 11.6 Å². The SMILES string of the molecule is ClCCc1nc2cccnc2n1Cc1ccncn1. The number of aryl methyl sites for hydroxylation is 1. The molecule has 5 nitrogen and oxygen atoms in total. The number of aromatic nitrogens is 5. The summed E-state index contributed by atoms with van der Waals surface area (Å²) >= 11 is 5.84. The summed E-state index contributed by atoms with van der Waals surface area (Å²) in [5, 5.41) is 0. The van der Waals surface area contributed by atoms with Gasteiger partial charge in [0.25, 0.3) is 0 Å². The third-order valence-corrected chi connectivity index (χ3v) is 3.05. The minimum atomic E-state index is 0.535. The van der Waals surface area contributed by atoms with Gasteiger partial charge in [-0.05, 0) is 18.2 Å². The molecule has 0 N–H and O–H groups in total. The molecular formula is C13H12ClN5. The molecule has 19 heavy (non-hydrogen) atoms. The number of rotatable bonds is 4. The lowest BCUT2D eigenvalue weighted by molar-refractivity contribution is 0.728. The number of alkyl halides is 1. The van der Waals surface area contributed by atoms with Crippen molar-refractivity contribution in [1.82, 2.24) is 24.5 Å². The Hall–Kier alpha value is -2.01. The van der Waals surface area contributed by atoms with Gasteiger partial charge in [-0.15, -0.1) is 11.6 Å². The Labute approximate surface area is 115 Å². The first-order valence-corrected chi connectivity index (χ1v) is 6.53. The highest BCUT2D eigenvalue weighted by Crippen LogP contribution is 2.15. The lowest BCUT2D eigenvalue weighted by Gasteiger charge is -2.06. The van der Waals surface area contributed by atoms with E-state index in [0.29, 0.717) is 18.8 Å². The third kappa shape index (κ3) is 2.42. The highest BCUT2D eigenvalue weighted by atomic mass is 35.5. The lowest BCUT2D eigenvalue weighted by Crippen LogP contribution is -2.07. The number of hydrogen-bond donors (Lipinski definition) is 0. The quantitative estimate of drug-likeness (QED) is 0.683. The van der Waals surface area contributed by atoms with Gasteiger partial charge >= 0.3 is 0 Å². The largest absolute Gasteiger partial charge is 0.307 e. The number of fused-ring (bicyclic) bond motifs is 1. The van der Waals surface area contributed by atoms with Crippen LogP contribution in [0.3, 0.4) is 0 Å². The molecule has 0 aliphatic carbocycles. The molecule has 0 spiro atoms. The zero-order valence-corrected chi connectivity index (χ0v) is 11.0. The molecular weight excluding hydrogens is 262 g/mol. The highest BCUT2D eigenvalue weighted by Gasteiger charge is 2.11. The fourth-order valence-corrected chi connectivity index (χ4v) is 2.19. The van der Waals surface area contributed by atoms with E-state index in [0.717, 1.165) is 22.7 Å². The van der Waals surface area contributed by atoms with Crippen LogP contribution in [0.4, 0.5) is 0 Å². The van der Waals surface area contributed by atoms with Gasteiger partial charge in [-0.3, -0.25) is 0 Å². The second kappa shape index (κ2) is 5.32. The number of imidazole rings is 1. The Morgan fingerprint density at radius 3 is 2.89 bits per heavy atom. The summed E-state index contributed by atoms with van der Waals surface area (Å²) in [6.07, 6.45) is 5.76. The molecule has 3 heterocycles. The van der Waals surface area contributed by atoms with Gasteiger partial charge < -0.3 is 4.57 Å². The highest BCUT2D eigenvalue weighted by molar-refractivity contribution is 6.17. The minimum absolute atomic E-state index is 0.535. The molecule has 0 radical (unpaired) electrons. The molecule has 0 saturated heterocycles. The Morgan fingerprint density at radius 1 is 1.16 bits per heavy atom. The van der Waals surface area contributed by atoms with Crippen LogP contribution in [0.1, 0.15) is 11.5 Å². The summed E-state index contributed by atoms with van der Waals surface area (Å²) in [5.41, 5.74) is 2.67. The molecule has 0 bridgehead atoms. The van der Waals surface area contributed by atoms with Crippen LogP contribution < -0.4 is 0 Å². The average molecular weight is 274 g/mol. The van der Waals surface area contributed by atoms with Crippen molar-refractivity contribution in [2.75, 3.05) is 5.88 Å². The Kier molecular flexibility index (Phi) is 3.37. The van der Waals surface area contributed by atoms with Gasteiger partial charge in [0.1, 0.15) is 17.7 Å². The molecule has 0 unspecified atom stereocenters. The van der Waals surface area contributed by atoms with E-state index in [9.17, 15) is 0 Å². The molecule has 0 atom stereocenters. The Bertz CT molecular complexity index is 680. The molecule has 0 fully saturated rings. The molecule has 0 aliphatic rings. The van der Waals surface area contributed by atoms with E-state index in [2.05, 4.69) is 24.5 Å². The van der Waals surface area contributed by atoms with Crippen molar-refractivity contribution >= 4 is 22.8 Å². The smallest absolute Gasteiger partial charge is 0.160 e. The molecule has 3 rings (SSSR count). The third-order valence-electron chi connectivity index (χ3n) is 2.86. The normalized spacial score (nSPS) is 11.0. The van der Waals surface area contributed by atoms with E-state index in [-0.39, 0.29) is 0 Å². The van der Waals surface area contributed by atoms with Gasteiger partial charge in [-0.2, -0.15) is 0 Å². The summed E-state index contributed by atoms with van der Waals surface area (Å²) in [7, 11) is 0. The van der Waals surface area contributed by atoms with Gasteiger partial charge in [0.15, 0.2) is 5.65 Å². The Balaban J connectivity index is 2.07. The molecule has 96 valence electrons. The van der Waals surface area contributed by atoms with Crippen LogP contribution in [-0.2, 0) is 13.0 Å². The number of pyridine rings is 1. The molecule has 0 aliphatic heterocycles. The zero-order valence-electron chi connectivity index (χ0n) is 10.2. The predicted octanol–water partition coefficient (Wildman–Crippen LogP) is 2.05. The summed E-state index contributed by atoms with van der Waals surface area (Å²) in [4.78, 5) is 17.1. The standard InChI is InChI=1S/C13H12ClN5/c14-5-3-12-18-11-2-1-6-16-13(11)19(12)8-10-4-7-15-9-17-10/h1-2,4,6-7,9H,3,5,8H2. The van der Waals surface area contributed by atoms with Crippen molar-refractivity contribution < 1.29 is 0 Å². The van der Waals surface area contributed by atoms with Crippen molar-refractivity contribution in [1.29, 1.82) is 0 Å². The summed E-state index contributed by atoms with van der Waals surface area (Å²) < 4.78 is 2.06. The predicted molar refractivity (Wildman–Crippen MR) is 73.1 cm³/mol. The fourth-order valence-electron chi connectivity index (χ4n) is 2.02. The van der Waals surface area contributed by atoms with E-state index in [1.54, 1.807) is 18.7 Å². The maximum absolute atomic E-state index is 5.84. The Morgan fingerprint density at radius 2 is 2.11 bits per heavy atom. The van der Waals surface area contributed by atoms with Gasteiger partial charge in [0, 0.05) is 24.7 Å². The van der Waals surface area contributed by atoms with Crippen molar-refractivity contribution in [3.8, 4) is 0 Å². The fraction of sp³-hybridized carbons (Fsp3) is 0.231. The monoisotopic (exact) mass is 273 g/mol. The molecule has 0 aromatic carbocycles. The van der Waals surface area contributed by atoms with Crippen LogP contribution in [0.25, 0.3) is 11.2 Å². The van der Waals surface area contributed by atoms with Gasteiger partial charge in [-0.25, -0.2) is 19.9 Å². The maximum atomic E-state index is 5.84. The van der Waals surface area contributed by atoms with E-state index >= 15 is 0 Å².